The summed E-state index contributed by atoms with van der Waals surface area (Å²) in [4.78, 5) is 40.3. The van der Waals surface area contributed by atoms with Crippen molar-refractivity contribution in [2.75, 3.05) is 9.80 Å². The molecule has 0 aliphatic carbocycles. The lowest BCUT2D eigenvalue weighted by molar-refractivity contribution is -0.128. The zero-order valence-corrected chi connectivity index (χ0v) is 15.6. The molecule has 2 unspecified atom stereocenters. The van der Waals surface area contributed by atoms with Crippen LogP contribution in [0.4, 0.5) is 15.8 Å². The van der Waals surface area contributed by atoms with E-state index in [4.69, 9.17) is 0 Å². The van der Waals surface area contributed by atoms with Gasteiger partial charge in [-0.1, -0.05) is 25.1 Å². The smallest absolute Gasteiger partial charge is 0.275 e. The molecule has 0 N–H and O–H groups in total. The number of amides is 3. The minimum Gasteiger partial charge on any atom is -0.283 e. The first-order valence-electron chi connectivity index (χ1n) is 8.66. The number of anilines is 2. The summed E-state index contributed by atoms with van der Waals surface area (Å²) in [6.07, 6.45) is 0.168. The second-order valence-corrected chi connectivity index (χ2v) is 7.99. The standard InChI is InChI=1S/C20H17FN2O3S/c1-3-17(24)22-16-7-5-4-6-15(16)20(19(22)26)23(18(25)12(2)27-20)14-10-8-13(21)9-11-14/h4-12H,3H2,1-2H3. The summed E-state index contributed by atoms with van der Waals surface area (Å²) in [7, 11) is 0. The van der Waals surface area contributed by atoms with Gasteiger partial charge in [0, 0.05) is 17.7 Å². The Bertz CT molecular complexity index is 962. The first-order valence-corrected chi connectivity index (χ1v) is 9.54. The molecule has 2 aromatic carbocycles. The van der Waals surface area contributed by atoms with Gasteiger partial charge in [-0.05, 0) is 37.3 Å². The minimum atomic E-state index is -1.37. The van der Waals surface area contributed by atoms with Crippen LogP contribution in [0, 0.1) is 5.82 Å². The number of halogens is 1. The highest BCUT2D eigenvalue weighted by Gasteiger charge is 2.64. The molecule has 2 aliphatic rings. The first-order chi connectivity index (χ1) is 12.9. The van der Waals surface area contributed by atoms with E-state index in [2.05, 4.69) is 0 Å². The van der Waals surface area contributed by atoms with E-state index in [1.807, 2.05) is 0 Å². The number of fused-ring (bicyclic) bond motifs is 2. The molecular weight excluding hydrogens is 367 g/mol. The molecule has 1 spiro atoms. The number of hydrogen-bond acceptors (Lipinski definition) is 4. The zero-order chi connectivity index (χ0) is 19.3. The molecule has 0 bridgehead atoms. The summed E-state index contributed by atoms with van der Waals surface area (Å²) in [6.45, 7) is 3.43. The molecule has 2 heterocycles. The SMILES string of the molecule is CCC(=O)N1C(=O)C2(SC(C)C(=O)N2c2ccc(F)cc2)c2ccccc21. The van der Waals surface area contributed by atoms with Crippen LogP contribution in [0.15, 0.2) is 48.5 Å². The van der Waals surface area contributed by atoms with Crippen LogP contribution in [-0.2, 0) is 19.3 Å². The van der Waals surface area contributed by atoms with Crippen LogP contribution in [0.3, 0.4) is 0 Å². The zero-order valence-electron chi connectivity index (χ0n) is 14.8. The Balaban J connectivity index is 1.96. The van der Waals surface area contributed by atoms with Gasteiger partial charge in [0.1, 0.15) is 5.82 Å². The van der Waals surface area contributed by atoms with E-state index in [1.54, 1.807) is 38.1 Å². The number of carbonyl (C=O) groups is 3. The highest BCUT2D eigenvalue weighted by atomic mass is 32.2. The van der Waals surface area contributed by atoms with E-state index < -0.39 is 21.8 Å². The number of hydrogen-bond donors (Lipinski definition) is 0. The van der Waals surface area contributed by atoms with Crippen molar-refractivity contribution in [1.29, 1.82) is 0 Å². The van der Waals surface area contributed by atoms with Gasteiger partial charge in [-0.15, -0.1) is 11.8 Å². The van der Waals surface area contributed by atoms with Crippen LogP contribution >= 0.6 is 11.8 Å². The van der Waals surface area contributed by atoms with Crippen molar-refractivity contribution in [1.82, 2.24) is 0 Å². The van der Waals surface area contributed by atoms with Gasteiger partial charge in [-0.2, -0.15) is 0 Å². The molecule has 4 rings (SSSR count). The molecule has 2 atom stereocenters. The van der Waals surface area contributed by atoms with E-state index in [-0.39, 0.29) is 18.2 Å². The molecule has 2 aliphatic heterocycles. The Morgan fingerprint density at radius 2 is 1.81 bits per heavy atom. The van der Waals surface area contributed by atoms with Crippen LogP contribution in [-0.4, -0.2) is 23.0 Å². The third-order valence-corrected chi connectivity index (χ3v) is 6.34. The molecule has 138 valence electrons. The van der Waals surface area contributed by atoms with Crippen molar-refractivity contribution >= 4 is 40.9 Å². The molecule has 2 aromatic rings. The number of rotatable bonds is 2. The van der Waals surface area contributed by atoms with Crippen LogP contribution in [0.1, 0.15) is 25.8 Å². The summed E-state index contributed by atoms with van der Waals surface area (Å²) in [5, 5.41) is -0.483. The molecule has 7 heteroatoms. The summed E-state index contributed by atoms with van der Waals surface area (Å²) < 4.78 is 13.4. The molecule has 3 amide bonds. The van der Waals surface area contributed by atoms with Crippen LogP contribution in [0.5, 0.6) is 0 Å². The molecule has 27 heavy (non-hydrogen) atoms. The molecular formula is C20H17FN2O3S. The molecule has 1 fully saturated rings. The average molecular weight is 384 g/mol. The molecule has 5 nitrogen and oxygen atoms in total. The maximum atomic E-state index is 13.5. The van der Waals surface area contributed by atoms with Gasteiger partial charge in [0.25, 0.3) is 5.91 Å². The molecule has 0 saturated carbocycles. The minimum absolute atomic E-state index is 0.168. The second-order valence-electron chi connectivity index (χ2n) is 6.46. The lowest BCUT2D eigenvalue weighted by Gasteiger charge is -2.32. The third kappa shape index (κ3) is 2.34. The van der Waals surface area contributed by atoms with Gasteiger partial charge in [0.05, 0.1) is 10.9 Å². The van der Waals surface area contributed by atoms with Gasteiger partial charge in [0.15, 0.2) is 0 Å². The molecule has 1 saturated heterocycles. The van der Waals surface area contributed by atoms with Crippen LogP contribution in [0.2, 0.25) is 0 Å². The molecule has 0 aromatic heterocycles. The van der Waals surface area contributed by atoms with Crippen molar-refractivity contribution < 1.29 is 18.8 Å². The van der Waals surface area contributed by atoms with Gasteiger partial charge in [-0.3, -0.25) is 19.3 Å². The van der Waals surface area contributed by atoms with E-state index in [1.165, 1.54) is 45.8 Å². The fourth-order valence-electron chi connectivity index (χ4n) is 3.66. The van der Waals surface area contributed by atoms with Gasteiger partial charge in [-0.25, -0.2) is 9.29 Å². The van der Waals surface area contributed by atoms with Crippen molar-refractivity contribution in [3.8, 4) is 0 Å². The average Bonchev–Trinajstić information content (AvgIpc) is 3.08. The van der Waals surface area contributed by atoms with E-state index in [0.717, 1.165) is 0 Å². The maximum Gasteiger partial charge on any atom is 0.275 e. The fourth-order valence-corrected chi connectivity index (χ4v) is 5.17. The van der Waals surface area contributed by atoms with Crippen molar-refractivity contribution in [2.45, 2.75) is 30.4 Å². The first kappa shape index (κ1) is 17.7. The predicted octanol–water partition coefficient (Wildman–Crippen LogP) is 3.43. The highest BCUT2D eigenvalue weighted by molar-refractivity contribution is 8.03. The number of benzene rings is 2. The summed E-state index contributed by atoms with van der Waals surface area (Å²) in [6, 6.07) is 12.5. The van der Waals surface area contributed by atoms with Crippen LogP contribution in [0.25, 0.3) is 0 Å². The van der Waals surface area contributed by atoms with Crippen molar-refractivity contribution in [3.63, 3.8) is 0 Å². The third-order valence-electron chi connectivity index (χ3n) is 4.87. The quantitative estimate of drug-likeness (QED) is 0.796. The largest absolute Gasteiger partial charge is 0.283 e. The lowest BCUT2D eigenvalue weighted by atomic mass is 10.0. The Labute approximate surface area is 160 Å². The number of para-hydroxylation sites is 1. The van der Waals surface area contributed by atoms with E-state index in [9.17, 15) is 18.8 Å². The van der Waals surface area contributed by atoms with Gasteiger partial charge in [0.2, 0.25) is 16.7 Å². The van der Waals surface area contributed by atoms with E-state index in [0.29, 0.717) is 16.9 Å². The highest BCUT2D eigenvalue weighted by Crippen LogP contribution is 2.57. The Kier molecular flexibility index (Phi) is 4.07. The number of imide groups is 1. The van der Waals surface area contributed by atoms with E-state index >= 15 is 0 Å². The fraction of sp³-hybridized carbons (Fsp3) is 0.250. The van der Waals surface area contributed by atoms with Crippen molar-refractivity contribution in [3.05, 3.63) is 59.9 Å². The summed E-state index contributed by atoms with van der Waals surface area (Å²) in [5.41, 5.74) is 1.52. The number of carbonyl (C=O) groups excluding carboxylic acids is 3. The summed E-state index contributed by atoms with van der Waals surface area (Å²) >= 11 is 1.21. The molecule has 0 radical (unpaired) electrons. The lowest BCUT2D eigenvalue weighted by Crippen LogP contribution is -2.51. The van der Waals surface area contributed by atoms with Crippen molar-refractivity contribution in [2.24, 2.45) is 0 Å². The monoisotopic (exact) mass is 384 g/mol. The Morgan fingerprint density at radius 3 is 2.48 bits per heavy atom. The maximum absolute atomic E-state index is 13.5. The Morgan fingerprint density at radius 1 is 1.15 bits per heavy atom. The van der Waals surface area contributed by atoms with Crippen LogP contribution < -0.4 is 9.80 Å². The van der Waals surface area contributed by atoms with Gasteiger partial charge < -0.3 is 0 Å². The summed E-state index contributed by atoms with van der Waals surface area (Å²) in [5.74, 6) is -1.46. The number of nitrogens with zero attached hydrogens (tertiary/aromatic N) is 2. The normalized spacial score (nSPS) is 24.0. The second kappa shape index (κ2) is 6.20. The Hall–Kier alpha value is -2.67. The van der Waals surface area contributed by atoms with Gasteiger partial charge >= 0.3 is 0 Å². The number of thioether (sulfide) groups is 1. The topological polar surface area (TPSA) is 57.7 Å². The predicted molar refractivity (Wildman–Crippen MR) is 102 cm³/mol.